The number of aliphatic hydroxyl groups excluding tert-OH is 1. The summed E-state index contributed by atoms with van der Waals surface area (Å²) in [5, 5.41) is 9.33. The Hall–Kier alpha value is -0.790. The quantitative estimate of drug-likeness (QED) is 0.746. The zero-order valence-corrected chi connectivity index (χ0v) is 7.67. The van der Waals surface area contributed by atoms with Crippen LogP contribution in [0.15, 0.2) is 24.3 Å². The highest BCUT2D eigenvalue weighted by molar-refractivity contribution is 6.31. The number of halogens is 1. The Labute approximate surface area is 77.3 Å². The molecule has 0 unspecified atom stereocenters. The van der Waals surface area contributed by atoms with Gasteiger partial charge in [0.05, 0.1) is 6.61 Å². The van der Waals surface area contributed by atoms with E-state index in [2.05, 4.69) is 0 Å². The highest BCUT2D eigenvalue weighted by Gasteiger charge is 1.96. The van der Waals surface area contributed by atoms with Gasteiger partial charge in [-0.2, -0.15) is 0 Å². The van der Waals surface area contributed by atoms with Crippen molar-refractivity contribution in [3.8, 4) is 0 Å². The minimum Gasteiger partial charge on any atom is -0.392 e. The largest absolute Gasteiger partial charge is 0.392 e. The van der Waals surface area contributed by atoms with E-state index in [9.17, 15) is 0 Å². The molecule has 0 aromatic heterocycles. The van der Waals surface area contributed by atoms with Gasteiger partial charge in [0.1, 0.15) is 0 Å². The summed E-state index contributed by atoms with van der Waals surface area (Å²) in [6.45, 7) is 2.02. The van der Waals surface area contributed by atoms with E-state index in [-0.39, 0.29) is 6.61 Å². The van der Waals surface area contributed by atoms with Gasteiger partial charge in [-0.05, 0) is 24.1 Å². The van der Waals surface area contributed by atoms with Gasteiger partial charge in [0.2, 0.25) is 0 Å². The van der Waals surface area contributed by atoms with Crippen molar-refractivity contribution in [2.45, 2.75) is 6.92 Å². The molecule has 0 spiro atoms. The summed E-state index contributed by atoms with van der Waals surface area (Å²) in [4.78, 5) is 0. The predicted molar refractivity (Wildman–Crippen MR) is 52.3 cm³/mol. The van der Waals surface area contributed by atoms with Crippen LogP contribution < -0.4 is 0 Å². The minimum absolute atomic E-state index is 0.0615. The Balaban J connectivity index is 3.00. The molecular weight excluding hydrogens is 172 g/mol. The molecule has 0 aliphatic carbocycles. The van der Waals surface area contributed by atoms with Gasteiger partial charge in [-0.25, -0.2) is 0 Å². The standard InChI is InChI=1S/C10H11ClO/c1-8-9(5-3-7-12)4-2-6-10(8)11/h2-6,12H,7H2,1H3. The van der Waals surface area contributed by atoms with Crippen LogP contribution in [-0.4, -0.2) is 11.7 Å². The normalized spacial score (nSPS) is 10.9. The lowest BCUT2D eigenvalue weighted by molar-refractivity contribution is 0.343. The molecule has 0 heterocycles. The first-order valence-corrected chi connectivity index (χ1v) is 4.16. The summed E-state index contributed by atoms with van der Waals surface area (Å²) in [7, 11) is 0. The second-order valence-electron chi connectivity index (χ2n) is 2.54. The van der Waals surface area contributed by atoms with Gasteiger partial charge in [-0.1, -0.05) is 35.9 Å². The third kappa shape index (κ3) is 2.10. The van der Waals surface area contributed by atoms with E-state index in [1.54, 1.807) is 6.08 Å². The topological polar surface area (TPSA) is 20.2 Å². The van der Waals surface area contributed by atoms with E-state index in [1.165, 1.54) is 0 Å². The Morgan fingerprint density at radius 1 is 1.50 bits per heavy atom. The first-order valence-electron chi connectivity index (χ1n) is 3.78. The molecule has 0 bridgehead atoms. The van der Waals surface area contributed by atoms with Gasteiger partial charge >= 0.3 is 0 Å². The summed E-state index contributed by atoms with van der Waals surface area (Å²) in [5.74, 6) is 0. The average molecular weight is 183 g/mol. The van der Waals surface area contributed by atoms with Crippen molar-refractivity contribution in [3.05, 3.63) is 40.4 Å². The van der Waals surface area contributed by atoms with E-state index in [4.69, 9.17) is 16.7 Å². The van der Waals surface area contributed by atoms with Gasteiger partial charge in [-0.15, -0.1) is 0 Å². The number of hydrogen-bond acceptors (Lipinski definition) is 1. The Morgan fingerprint density at radius 2 is 2.25 bits per heavy atom. The molecule has 0 amide bonds. The number of benzene rings is 1. The van der Waals surface area contributed by atoms with Crippen LogP contribution in [-0.2, 0) is 0 Å². The molecule has 1 rings (SSSR count). The molecule has 0 aliphatic heterocycles. The van der Waals surface area contributed by atoms with Crippen LogP contribution in [0.4, 0.5) is 0 Å². The van der Waals surface area contributed by atoms with Crippen LogP contribution in [0.2, 0.25) is 5.02 Å². The lowest BCUT2D eigenvalue weighted by Gasteiger charge is -2.01. The molecular formula is C10H11ClO. The summed E-state index contributed by atoms with van der Waals surface area (Å²) in [6, 6.07) is 5.72. The molecule has 0 saturated carbocycles. The maximum atomic E-state index is 8.57. The Kier molecular flexibility index (Phi) is 3.32. The van der Waals surface area contributed by atoms with Gasteiger partial charge in [-0.3, -0.25) is 0 Å². The van der Waals surface area contributed by atoms with Crippen molar-refractivity contribution in [1.29, 1.82) is 0 Å². The highest BCUT2D eigenvalue weighted by atomic mass is 35.5. The van der Waals surface area contributed by atoms with Crippen LogP contribution in [0.5, 0.6) is 0 Å². The summed E-state index contributed by atoms with van der Waals surface area (Å²) >= 11 is 5.90. The fourth-order valence-corrected chi connectivity index (χ4v) is 1.17. The second kappa shape index (κ2) is 4.29. The molecule has 1 aromatic rings. The highest BCUT2D eigenvalue weighted by Crippen LogP contribution is 2.19. The molecule has 12 heavy (non-hydrogen) atoms. The molecule has 1 nitrogen and oxygen atoms in total. The Bertz CT molecular complexity index is 292. The van der Waals surface area contributed by atoms with E-state index in [1.807, 2.05) is 31.2 Å². The molecule has 0 atom stereocenters. The van der Waals surface area contributed by atoms with Crippen molar-refractivity contribution < 1.29 is 5.11 Å². The molecule has 64 valence electrons. The third-order valence-electron chi connectivity index (χ3n) is 1.71. The molecule has 0 aliphatic rings. The first kappa shape index (κ1) is 9.30. The number of aliphatic hydroxyl groups is 1. The van der Waals surface area contributed by atoms with Crippen molar-refractivity contribution >= 4 is 17.7 Å². The van der Waals surface area contributed by atoms with Crippen LogP contribution in [0.3, 0.4) is 0 Å². The monoisotopic (exact) mass is 182 g/mol. The zero-order chi connectivity index (χ0) is 8.97. The summed E-state index contributed by atoms with van der Waals surface area (Å²) in [6.07, 6.45) is 3.56. The second-order valence-corrected chi connectivity index (χ2v) is 2.95. The van der Waals surface area contributed by atoms with E-state index >= 15 is 0 Å². The average Bonchev–Trinajstić information content (AvgIpc) is 2.08. The van der Waals surface area contributed by atoms with Gasteiger partial charge < -0.3 is 5.11 Å². The van der Waals surface area contributed by atoms with Crippen LogP contribution in [0.1, 0.15) is 11.1 Å². The maximum absolute atomic E-state index is 8.57. The molecule has 1 N–H and O–H groups in total. The van der Waals surface area contributed by atoms with Gasteiger partial charge in [0.15, 0.2) is 0 Å². The van der Waals surface area contributed by atoms with Crippen molar-refractivity contribution in [2.75, 3.05) is 6.61 Å². The third-order valence-corrected chi connectivity index (χ3v) is 2.12. The maximum Gasteiger partial charge on any atom is 0.0615 e. The fourth-order valence-electron chi connectivity index (χ4n) is 0.984. The lowest BCUT2D eigenvalue weighted by atomic mass is 10.1. The van der Waals surface area contributed by atoms with Gasteiger partial charge in [0, 0.05) is 5.02 Å². The van der Waals surface area contributed by atoms with Crippen LogP contribution >= 0.6 is 11.6 Å². The van der Waals surface area contributed by atoms with E-state index in [0.29, 0.717) is 0 Å². The molecule has 0 saturated heterocycles. The SMILES string of the molecule is Cc1c(Cl)cccc1C=CCO. The van der Waals surface area contributed by atoms with Crippen molar-refractivity contribution in [2.24, 2.45) is 0 Å². The van der Waals surface area contributed by atoms with Crippen molar-refractivity contribution in [1.82, 2.24) is 0 Å². The first-order chi connectivity index (χ1) is 5.75. The molecule has 2 heteroatoms. The Morgan fingerprint density at radius 3 is 2.92 bits per heavy atom. The smallest absolute Gasteiger partial charge is 0.0615 e. The van der Waals surface area contributed by atoms with Crippen molar-refractivity contribution in [3.63, 3.8) is 0 Å². The van der Waals surface area contributed by atoms with Crippen LogP contribution in [0, 0.1) is 6.92 Å². The van der Waals surface area contributed by atoms with Crippen LogP contribution in [0.25, 0.3) is 6.08 Å². The summed E-state index contributed by atoms with van der Waals surface area (Å²) in [5.41, 5.74) is 2.10. The number of hydrogen-bond donors (Lipinski definition) is 1. The summed E-state index contributed by atoms with van der Waals surface area (Å²) < 4.78 is 0. The van der Waals surface area contributed by atoms with E-state index in [0.717, 1.165) is 16.1 Å². The molecule has 0 fully saturated rings. The van der Waals surface area contributed by atoms with E-state index < -0.39 is 0 Å². The molecule has 0 radical (unpaired) electrons. The minimum atomic E-state index is 0.0615. The fraction of sp³-hybridized carbons (Fsp3) is 0.200. The zero-order valence-electron chi connectivity index (χ0n) is 6.92. The number of rotatable bonds is 2. The van der Waals surface area contributed by atoms with Gasteiger partial charge in [0.25, 0.3) is 0 Å². The molecule has 1 aromatic carbocycles. The predicted octanol–water partition coefficient (Wildman–Crippen LogP) is 2.65. The lowest BCUT2D eigenvalue weighted by Crippen LogP contribution is -1.81.